The Hall–Kier alpha value is -5.13. The molecule has 11 nitrogen and oxygen atoms in total. The second-order valence-electron chi connectivity index (χ2n) is 7.13. The number of ether oxygens (including phenoxy) is 1. The van der Waals surface area contributed by atoms with Crippen molar-refractivity contribution in [1.29, 1.82) is 0 Å². The zero-order valence-corrected chi connectivity index (χ0v) is 17.8. The van der Waals surface area contributed by atoms with Gasteiger partial charge < -0.3 is 15.0 Å². The SMILES string of the molecule is O=C(COc1ccc([N+](=O)[O-])cc1C=Nn1c(=O)[nH]c2ccccc2c1=O)Nc1ccccc1F. The van der Waals surface area contributed by atoms with Gasteiger partial charge in [0.1, 0.15) is 11.6 Å². The standard InChI is InChI=1S/C23H16FN5O6/c24-17-6-2-4-8-19(17)26-21(30)13-35-20-10-9-15(29(33)34)11-14(20)12-25-28-22(31)16-5-1-3-7-18(16)27-23(28)32/h1-12H,13H2,(H,26,30)(H,27,32). The first-order valence-electron chi connectivity index (χ1n) is 10.1. The molecule has 176 valence electrons. The summed E-state index contributed by atoms with van der Waals surface area (Å²) in [6, 6.07) is 15.4. The van der Waals surface area contributed by atoms with E-state index in [0.717, 1.165) is 18.3 Å². The molecule has 0 spiro atoms. The van der Waals surface area contributed by atoms with Crippen LogP contribution in [0, 0.1) is 15.9 Å². The number of amides is 1. The van der Waals surface area contributed by atoms with Gasteiger partial charge in [-0.25, -0.2) is 9.18 Å². The number of H-pyrrole nitrogens is 1. The van der Waals surface area contributed by atoms with E-state index in [9.17, 15) is 28.9 Å². The molecule has 0 aliphatic carbocycles. The van der Waals surface area contributed by atoms with Crippen molar-refractivity contribution in [2.24, 2.45) is 5.10 Å². The number of fused-ring (bicyclic) bond motifs is 1. The highest BCUT2D eigenvalue weighted by Gasteiger charge is 2.14. The maximum Gasteiger partial charge on any atom is 0.349 e. The molecule has 3 aromatic carbocycles. The number of nitro benzene ring substituents is 1. The number of aromatic nitrogens is 2. The highest BCUT2D eigenvalue weighted by molar-refractivity contribution is 5.92. The van der Waals surface area contributed by atoms with Gasteiger partial charge >= 0.3 is 5.69 Å². The summed E-state index contributed by atoms with van der Waals surface area (Å²) in [5.74, 6) is -1.30. The van der Waals surface area contributed by atoms with Crippen molar-refractivity contribution < 1.29 is 18.8 Å². The van der Waals surface area contributed by atoms with Crippen molar-refractivity contribution >= 4 is 34.4 Å². The second-order valence-corrected chi connectivity index (χ2v) is 7.13. The largest absolute Gasteiger partial charge is 0.483 e. The van der Waals surface area contributed by atoms with Gasteiger partial charge in [-0.15, -0.1) is 4.68 Å². The average molecular weight is 477 g/mol. The van der Waals surface area contributed by atoms with Crippen LogP contribution in [0.5, 0.6) is 5.75 Å². The molecule has 12 heteroatoms. The zero-order valence-electron chi connectivity index (χ0n) is 17.8. The van der Waals surface area contributed by atoms with E-state index in [4.69, 9.17) is 4.74 Å². The Morgan fingerprint density at radius 3 is 2.66 bits per heavy atom. The Bertz CT molecular complexity index is 1590. The molecule has 0 fully saturated rings. The molecular weight excluding hydrogens is 461 g/mol. The Kier molecular flexibility index (Phi) is 6.44. The quantitative estimate of drug-likeness (QED) is 0.237. The molecule has 0 bridgehead atoms. The van der Waals surface area contributed by atoms with Gasteiger partial charge in [0, 0.05) is 17.7 Å². The Morgan fingerprint density at radius 2 is 1.89 bits per heavy atom. The lowest BCUT2D eigenvalue weighted by Crippen LogP contribution is -2.32. The first-order valence-corrected chi connectivity index (χ1v) is 10.1. The number of nitro groups is 1. The molecule has 4 rings (SSSR count). The number of hydrogen-bond acceptors (Lipinski definition) is 7. The molecule has 0 atom stereocenters. The zero-order chi connectivity index (χ0) is 24.9. The Balaban J connectivity index is 1.62. The van der Waals surface area contributed by atoms with Crippen LogP contribution < -0.4 is 21.3 Å². The predicted octanol–water partition coefficient (Wildman–Crippen LogP) is 2.64. The van der Waals surface area contributed by atoms with Gasteiger partial charge in [0.05, 0.1) is 27.7 Å². The van der Waals surface area contributed by atoms with Gasteiger partial charge in [0.25, 0.3) is 17.2 Å². The summed E-state index contributed by atoms with van der Waals surface area (Å²) in [6.07, 6.45) is 1.03. The van der Waals surface area contributed by atoms with Crippen LogP contribution in [-0.2, 0) is 4.79 Å². The summed E-state index contributed by atoms with van der Waals surface area (Å²) >= 11 is 0. The average Bonchev–Trinajstić information content (AvgIpc) is 2.84. The molecule has 4 aromatic rings. The molecule has 0 aliphatic rings. The van der Waals surface area contributed by atoms with Gasteiger partial charge in [-0.2, -0.15) is 5.10 Å². The van der Waals surface area contributed by atoms with Crippen molar-refractivity contribution in [2.75, 3.05) is 11.9 Å². The molecule has 0 saturated heterocycles. The number of nitrogens with zero attached hydrogens (tertiary/aromatic N) is 3. The number of anilines is 1. The van der Waals surface area contributed by atoms with E-state index < -0.39 is 34.5 Å². The monoisotopic (exact) mass is 477 g/mol. The third-order valence-electron chi connectivity index (χ3n) is 4.81. The number of carbonyl (C=O) groups is 1. The van der Waals surface area contributed by atoms with E-state index in [-0.39, 0.29) is 28.1 Å². The van der Waals surface area contributed by atoms with E-state index in [1.54, 1.807) is 24.3 Å². The number of halogens is 1. The van der Waals surface area contributed by atoms with Crippen LogP contribution in [-0.4, -0.2) is 33.3 Å². The smallest absolute Gasteiger partial charge is 0.349 e. The number of carbonyl (C=O) groups excluding carboxylic acids is 1. The van der Waals surface area contributed by atoms with Crippen LogP contribution in [0.3, 0.4) is 0 Å². The Labute approximate surface area is 195 Å². The normalized spacial score (nSPS) is 11.0. The minimum Gasteiger partial charge on any atom is -0.483 e. The molecule has 0 unspecified atom stereocenters. The lowest BCUT2D eigenvalue weighted by molar-refractivity contribution is -0.384. The third kappa shape index (κ3) is 5.11. The van der Waals surface area contributed by atoms with Crippen LogP contribution in [0.1, 0.15) is 5.56 Å². The fraction of sp³-hybridized carbons (Fsp3) is 0.0435. The van der Waals surface area contributed by atoms with Crippen molar-refractivity contribution in [2.45, 2.75) is 0 Å². The first kappa shape index (κ1) is 23.0. The van der Waals surface area contributed by atoms with E-state index in [1.807, 2.05) is 0 Å². The van der Waals surface area contributed by atoms with Gasteiger partial charge in [-0.1, -0.05) is 24.3 Å². The predicted molar refractivity (Wildman–Crippen MR) is 125 cm³/mol. The van der Waals surface area contributed by atoms with Crippen LogP contribution in [0.4, 0.5) is 15.8 Å². The molecule has 1 aromatic heterocycles. The molecule has 0 aliphatic heterocycles. The van der Waals surface area contributed by atoms with Gasteiger partial charge in [0.2, 0.25) is 0 Å². The fourth-order valence-electron chi connectivity index (χ4n) is 3.15. The highest BCUT2D eigenvalue weighted by Crippen LogP contribution is 2.23. The summed E-state index contributed by atoms with van der Waals surface area (Å²) in [7, 11) is 0. The summed E-state index contributed by atoms with van der Waals surface area (Å²) in [5.41, 5.74) is -1.51. The van der Waals surface area contributed by atoms with Crippen LogP contribution >= 0.6 is 0 Å². The Morgan fingerprint density at radius 1 is 1.14 bits per heavy atom. The summed E-state index contributed by atoms with van der Waals surface area (Å²) < 4.78 is 19.7. The van der Waals surface area contributed by atoms with Crippen LogP contribution in [0.15, 0.2) is 81.4 Å². The number of hydrogen-bond donors (Lipinski definition) is 2. The fourth-order valence-corrected chi connectivity index (χ4v) is 3.15. The molecular formula is C23H16FN5O6. The lowest BCUT2D eigenvalue weighted by atomic mass is 10.2. The summed E-state index contributed by atoms with van der Waals surface area (Å²) in [5, 5.41) is 17.6. The molecule has 1 heterocycles. The van der Waals surface area contributed by atoms with Crippen molar-refractivity contribution in [3.05, 3.63) is 109 Å². The second kappa shape index (κ2) is 9.79. The maximum absolute atomic E-state index is 13.7. The van der Waals surface area contributed by atoms with Crippen molar-refractivity contribution in [1.82, 2.24) is 9.66 Å². The number of rotatable bonds is 7. The van der Waals surface area contributed by atoms with E-state index >= 15 is 0 Å². The van der Waals surface area contributed by atoms with Crippen molar-refractivity contribution in [3.8, 4) is 5.75 Å². The number of non-ortho nitro benzene ring substituents is 1. The number of para-hydroxylation sites is 2. The van der Waals surface area contributed by atoms with Crippen LogP contribution in [0.2, 0.25) is 0 Å². The maximum atomic E-state index is 13.7. The molecule has 35 heavy (non-hydrogen) atoms. The van der Waals surface area contributed by atoms with Gasteiger partial charge in [0.15, 0.2) is 6.61 Å². The first-order chi connectivity index (χ1) is 16.8. The summed E-state index contributed by atoms with van der Waals surface area (Å²) in [6.45, 7) is -0.552. The van der Waals surface area contributed by atoms with Crippen molar-refractivity contribution in [3.63, 3.8) is 0 Å². The molecule has 0 radical (unpaired) electrons. The number of nitrogens with one attached hydrogen (secondary N) is 2. The minimum absolute atomic E-state index is 0.00769. The molecule has 0 saturated carbocycles. The summed E-state index contributed by atoms with van der Waals surface area (Å²) in [4.78, 5) is 50.2. The highest BCUT2D eigenvalue weighted by atomic mass is 19.1. The number of aromatic amines is 1. The van der Waals surface area contributed by atoms with E-state index in [0.29, 0.717) is 10.2 Å². The third-order valence-corrected chi connectivity index (χ3v) is 4.81. The molecule has 2 N–H and O–H groups in total. The van der Waals surface area contributed by atoms with E-state index in [1.165, 1.54) is 30.3 Å². The van der Waals surface area contributed by atoms with Gasteiger partial charge in [-0.3, -0.25) is 19.7 Å². The van der Waals surface area contributed by atoms with E-state index in [2.05, 4.69) is 15.4 Å². The van der Waals surface area contributed by atoms with Crippen LogP contribution in [0.25, 0.3) is 10.9 Å². The van der Waals surface area contributed by atoms with Gasteiger partial charge in [-0.05, 0) is 30.3 Å². The topological polar surface area (TPSA) is 149 Å². The minimum atomic E-state index is -0.817. The number of benzene rings is 3. The molecule has 1 amide bonds. The lowest BCUT2D eigenvalue weighted by Gasteiger charge is -2.10.